The van der Waals surface area contributed by atoms with Gasteiger partial charge in [-0.05, 0) is 51.7 Å². The Morgan fingerprint density at radius 1 is 1.50 bits per heavy atom. The van der Waals surface area contributed by atoms with Crippen LogP contribution in [-0.2, 0) is 6.42 Å². The fourth-order valence-corrected chi connectivity index (χ4v) is 3.26. The SMILES string of the molecule is Cc1ccc(CC[C@H](C)NC(=O)N2CCCC[C@H]2c2ncc[nH]2)o1. The van der Waals surface area contributed by atoms with Gasteiger partial charge in [-0.1, -0.05) is 0 Å². The number of amides is 2. The second-order valence-corrected chi connectivity index (χ2v) is 6.58. The largest absolute Gasteiger partial charge is 0.466 e. The van der Waals surface area contributed by atoms with E-state index in [1.54, 1.807) is 6.20 Å². The maximum atomic E-state index is 12.7. The van der Waals surface area contributed by atoms with Crippen LogP contribution in [0.5, 0.6) is 0 Å². The standard InChI is InChI=1S/C18H26N4O2/c1-13(6-8-15-9-7-14(2)24-15)21-18(23)22-12-4-3-5-16(22)17-19-10-11-20-17/h7,9-11,13,16H,3-6,8,12H2,1-2H3,(H,19,20)(H,21,23)/t13-,16-/m0/s1. The summed E-state index contributed by atoms with van der Waals surface area (Å²) in [6.07, 6.45) is 8.38. The number of aromatic nitrogens is 2. The lowest BCUT2D eigenvalue weighted by molar-refractivity contribution is 0.145. The molecule has 0 saturated carbocycles. The summed E-state index contributed by atoms with van der Waals surface area (Å²) in [4.78, 5) is 22.1. The maximum Gasteiger partial charge on any atom is 0.318 e. The monoisotopic (exact) mass is 330 g/mol. The molecule has 0 unspecified atom stereocenters. The maximum absolute atomic E-state index is 12.7. The van der Waals surface area contributed by atoms with Crippen molar-refractivity contribution < 1.29 is 9.21 Å². The molecular weight excluding hydrogens is 304 g/mol. The summed E-state index contributed by atoms with van der Waals surface area (Å²) in [5, 5.41) is 3.12. The summed E-state index contributed by atoms with van der Waals surface area (Å²) < 4.78 is 5.59. The molecule has 3 rings (SSSR count). The highest BCUT2D eigenvalue weighted by atomic mass is 16.3. The van der Waals surface area contributed by atoms with Gasteiger partial charge in [-0.25, -0.2) is 9.78 Å². The number of nitrogens with one attached hydrogen (secondary N) is 2. The van der Waals surface area contributed by atoms with Crippen molar-refractivity contribution in [1.29, 1.82) is 0 Å². The first kappa shape index (κ1) is 16.6. The highest BCUT2D eigenvalue weighted by Crippen LogP contribution is 2.28. The van der Waals surface area contributed by atoms with E-state index in [4.69, 9.17) is 4.42 Å². The van der Waals surface area contributed by atoms with Crippen molar-refractivity contribution in [2.45, 2.75) is 58.0 Å². The van der Waals surface area contributed by atoms with Crippen molar-refractivity contribution in [1.82, 2.24) is 20.2 Å². The molecule has 1 fully saturated rings. The average molecular weight is 330 g/mol. The van der Waals surface area contributed by atoms with Crippen molar-refractivity contribution in [2.75, 3.05) is 6.54 Å². The van der Waals surface area contributed by atoms with Crippen LogP contribution in [0, 0.1) is 6.92 Å². The number of H-pyrrole nitrogens is 1. The number of furan rings is 1. The number of hydrogen-bond acceptors (Lipinski definition) is 3. The Labute approximate surface area is 142 Å². The third-order valence-electron chi connectivity index (χ3n) is 4.59. The first-order valence-electron chi connectivity index (χ1n) is 8.75. The lowest BCUT2D eigenvalue weighted by Crippen LogP contribution is -2.47. The second kappa shape index (κ2) is 7.55. The molecule has 1 aliphatic heterocycles. The lowest BCUT2D eigenvalue weighted by atomic mass is 10.0. The number of aryl methyl sites for hydroxylation is 2. The average Bonchev–Trinajstić information content (AvgIpc) is 3.24. The van der Waals surface area contributed by atoms with E-state index in [9.17, 15) is 4.79 Å². The second-order valence-electron chi connectivity index (χ2n) is 6.58. The van der Waals surface area contributed by atoms with Crippen molar-refractivity contribution in [3.63, 3.8) is 0 Å². The molecule has 24 heavy (non-hydrogen) atoms. The fourth-order valence-electron chi connectivity index (χ4n) is 3.26. The number of urea groups is 1. The summed E-state index contributed by atoms with van der Waals surface area (Å²) in [6, 6.07) is 4.12. The molecule has 2 aromatic heterocycles. The van der Waals surface area contributed by atoms with Crippen LogP contribution in [0.1, 0.15) is 56.0 Å². The van der Waals surface area contributed by atoms with Crippen LogP contribution in [0.3, 0.4) is 0 Å². The number of aromatic amines is 1. The molecule has 6 heteroatoms. The molecule has 2 N–H and O–H groups in total. The number of hydrogen-bond donors (Lipinski definition) is 2. The molecule has 0 radical (unpaired) electrons. The molecule has 3 heterocycles. The molecule has 0 aliphatic carbocycles. The van der Waals surface area contributed by atoms with Gasteiger partial charge < -0.3 is 19.6 Å². The third-order valence-corrected chi connectivity index (χ3v) is 4.59. The van der Waals surface area contributed by atoms with Gasteiger partial charge in [0, 0.05) is 31.4 Å². The van der Waals surface area contributed by atoms with Crippen molar-refractivity contribution in [3.05, 3.63) is 41.9 Å². The molecule has 1 aliphatic rings. The zero-order valence-corrected chi connectivity index (χ0v) is 14.4. The van der Waals surface area contributed by atoms with E-state index in [2.05, 4.69) is 15.3 Å². The van der Waals surface area contributed by atoms with Crippen LogP contribution in [0.4, 0.5) is 4.79 Å². The minimum absolute atomic E-state index is 0.000717. The van der Waals surface area contributed by atoms with E-state index < -0.39 is 0 Å². The molecule has 2 aromatic rings. The minimum Gasteiger partial charge on any atom is -0.466 e. The summed E-state index contributed by atoms with van der Waals surface area (Å²) in [5.74, 6) is 2.78. The third kappa shape index (κ3) is 3.99. The highest BCUT2D eigenvalue weighted by Gasteiger charge is 2.30. The number of nitrogens with zero attached hydrogens (tertiary/aromatic N) is 2. The van der Waals surface area contributed by atoms with Crippen molar-refractivity contribution >= 4 is 6.03 Å². The molecule has 2 amide bonds. The van der Waals surface area contributed by atoms with Gasteiger partial charge in [-0.15, -0.1) is 0 Å². The van der Waals surface area contributed by atoms with E-state index in [1.165, 1.54) is 0 Å². The molecule has 2 atom stereocenters. The molecule has 0 spiro atoms. The zero-order valence-electron chi connectivity index (χ0n) is 14.4. The summed E-state index contributed by atoms with van der Waals surface area (Å²) in [7, 11) is 0. The Morgan fingerprint density at radius 3 is 3.08 bits per heavy atom. The number of rotatable bonds is 5. The molecule has 0 aromatic carbocycles. The number of carbonyl (C=O) groups is 1. The van der Waals surface area contributed by atoms with Crippen LogP contribution in [-0.4, -0.2) is 33.5 Å². The van der Waals surface area contributed by atoms with Crippen molar-refractivity contribution in [3.8, 4) is 0 Å². The predicted molar refractivity (Wildman–Crippen MR) is 91.6 cm³/mol. The fraction of sp³-hybridized carbons (Fsp3) is 0.556. The van der Waals surface area contributed by atoms with Gasteiger partial charge in [0.05, 0.1) is 6.04 Å². The Bertz CT molecular complexity index is 650. The van der Waals surface area contributed by atoms with E-state index in [1.807, 2.05) is 37.1 Å². The van der Waals surface area contributed by atoms with E-state index >= 15 is 0 Å². The Kier molecular flexibility index (Phi) is 5.23. The van der Waals surface area contributed by atoms with Crippen LogP contribution in [0.2, 0.25) is 0 Å². The summed E-state index contributed by atoms with van der Waals surface area (Å²) in [6.45, 7) is 4.76. The zero-order chi connectivity index (χ0) is 16.9. The predicted octanol–water partition coefficient (Wildman–Crippen LogP) is 3.57. The lowest BCUT2D eigenvalue weighted by Gasteiger charge is -2.35. The first-order valence-corrected chi connectivity index (χ1v) is 8.75. The summed E-state index contributed by atoms with van der Waals surface area (Å²) in [5.41, 5.74) is 0. The smallest absolute Gasteiger partial charge is 0.318 e. The number of carbonyl (C=O) groups excluding carboxylic acids is 1. The van der Waals surface area contributed by atoms with E-state index in [-0.39, 0.29) is 18.1 Å². The van der Waals surface area contributed by atoms with Gasteiger partial charge in [-0.2, -0.15) is 0 Å². The normalized spacial score (nSPS) is 19.2. The van der Waals surface area contributed by atoms with Gasteiger partial charge in [0.2, 0.25) is 0 Å². The number of likely N-dealkylation sites (tertiary alicyclic amines) is 1. The molecule has 0 bridgehead atoms. The van der Waals surface area contributed by atoms with E-state index in [0.29, 0.717) is 0 Å². The Hall–Kier alpha value is -2.24. The van der Waals surface area contributed by atoms with Gasteiger partial charge >= 0.3 is 6.03 Å². The van der Waals surface area contributed by atoms with Crippen LogP contribution in [0.15, 0.2) is 28.9 Å². The topological polar surface area (TPSA) is 74.2 Å². The van der Waals surface area contributed by atoms with Crippen molar-refractivity contribution in [2.24, 2.45) is 0 Å². The minimum atomic E-state index is -0.000717. The molecular formula is C18H26N4O2. The van der Waals surface area contributed by atoms with Crippen LogP contribution in [0.25, 0.3) is 0 Å². The quantitative estimate of drug-likeness (QED) is 0.880. The summed E-state index contributed by atoms with van der Waals surface area (Å²) >= 11 is 0. The van der Waals surface area contributed by atoms with E-state index in [0.717, 1.165) is 56.0 Å². The van der Waals surface area contributed by atoms with Gasteiger partial charge in [0.15, 0.2) is 0 Å². The first-order chi connectivity index (χ1) is 11.6. The number of piperidine rings is 1. The molecule has 1 saturated heterocycles. The molecule has 130 valence electrons. The number of imidazole rings is 1. The Balaban J connectivity index is 1.54. The van der Waals surface area contributed by atoms with Gasteiger partial charge in [-0.3, -0.25) is 0 Å². The Morgan fingerprint density at radius 2 is 2.38 bits per heavy atom. The highest BCUT2D eigenvalue weighted by molar-refractivity contribution is 5.75. The van der Waals surface area contributed by atoms with Crippen LogP contribution >= 0.6 is 0 Å². The van der Waals surface area contributed by atoms with Gasteiger partial charge in [0.25, 0.3) is 0 Å². The molecule has 6 nitrogen and oxygen atoms in total. The van der Waals surface area contributed by atoms with Crippen LogP contribution < -0.4 is 5.32 Å². The van der Waals surface area contributed by atoms with Gasteiger partial charge in [0.1, 0.15) is 17.3 Å².